The van der Waals surface area contributed by atoms with E-state index >= 15 is 0 Å². The predicted molar refractivity (Wildman–Crippen MR) is 71.1 cm³/mol. The molecular formula is C14H14ClNO2. The molecule has 3 nitrogen and oxygen atoms in total. The molecule has 94 valence electrons. The van der Waals surface area contributed by atoms with E-state index in [9.17, 15) is 5.11 Å². The van der Waals surface area contributed by atoms with Crippen molar-refractivity contribution in [2.75, 3.05) is 0 Å². The monoisotopic (exact) mass is 263 g/mol. The van der Waals surface area contributed by atoms with E-state index in [1.54, 1.807) is 37.4 Å². The third-order valence-corrected chi connectivity index (χ3v) is 2.83. The molecule has 0 saturated heterocycles. The number of aryl methyl sites for hydroxylation is 1. The number of aromatic nitrogens is 1. The fraction of sp³-hybridized carbons (Fsp3) is 0.214. The van der Waals surface area contributed by atoms with E-state index in [-0.39, 0.29) is 0 Å². The molecule has 1 N–H and O–H groups in total. The Morgan fingerprint density at radius 2 is 2.11 bits per heavy atom. The van der Waals surface area contributed by atoms with Gasteiger partial charge in [0.05, 0.1) is 6.10 Å². The lowest BCUT2D eigenvalue weighted by molar-refractivity contribution is 0.194. The zero-order valence-electron chi connectivity index (χ0n) is 10.2. The van der Waals surface area contributed by atoms with Crippen LogP contribution in [0.1, 0.15) is 24.2 Å². The van der Waals surface area contributed by atoms with Crippen LogP contribution in [-0.4, -0.2) is 10.1 Å². The van der Waals surface area contributed by atoms with Crippen LogP contribution < -0.4 is 4.74 Å². The second kappa shape index (κ2) is 5.38. The summed E-state index contributed by atoms with van der Waals surface area (Å²) in [5.74, 6) is 1.10. The molecule has 1 atom stereocenters. The van der Waals surface area contributed by atoms with Gasteiger partial charge in [-0.05, 0) is 49.7 Å². The van der Waals surface area contributed by atoms with Crippen molar-refractivity contribution >= 4 is 11.6 Å². The molecule has 0 bridgehead atoms. The molecule has 0 aliphatic carbocycles. The molecule has 2 aromatic rings. The van der Waals surface area contributed by atoms with Crippen molar-refractivity contribution < 1.29 is 9.84 Å². The van der Waals surface area contributed by atoms with E-state index in [4.69, 9.17) is 16.3 Å². The number of nitrogens with zero attached hydrogens (tertiary/aromatic N) is 1. The minimum atomic E-state index is -0.624. The Kier molecular flexibility index (Phi) is 3.84. The van der Waals surface area contributed by atoms with Gasteiger partial charge in [-0.15, -0.1) is 0 Å². The average Bonchev–Trinajstić information content (AvgIpc) is 2.33. The summed E-state index contributed by atoms with van der Waals surface area (Å²) in [7, 11) is 0. The zero-order chi connectivity index (χ0) is 13.1. The summed E-state index contributed by atoms with van der Waals surface area (Å²) in [4.78, 5) is 4.14. The SMILES string of the molecule is Cc1cc(Cl)ccc1Oc1ncccc1C(C)O. The average molecular weight is 264 g/mol. The molecule has 4 heteroatoms. The van der Waals surface area contributed by atoms with Gasteiger partial charge in [-0.25, -0.2) is 4.98 Å². The van der Waals surface area contributed by atoms with Gasteiger partial charge in [0, 0.05) is 16.8 Å². The molecular weight excluding hydrogens is 250 g/mol. The number of rotatable bonds is 3. The first-order valence-electron chi connectivity index (χ1n) is 5.65. The van der Waals surface area contributed by atoms with Crippen LogP contribution in [0.2, 0.25) is 5.02 Å². The van der Waals surface area contributed by atoms with Gasteiger partial charge in [0.15, 0.2) is 0 Å². The van der Waals surface area contributed by atoms with Crippen LogP contribution in [0.5, 0.6) is 11.6 Å². The molecule has 2 rings (SSSR count). The highest BCUT2D eigenvalue weighted by Crippen LogP contribution is 2.30. The van der Waals surface area contributed by atoms with E-state index < -0.39 is 6.10 Å². The molecule has 1 aromatic carbocycles. The summed E-state index contributed by atoms with van der Waals surface area (Å²) in [6, 6.07) is 8.93. The Hall–Kier alpha value is -1.58. The molecule has 0 amide bonds. The molecule has 18 heavy (non-hydrogen) atoms. The lowest BCUT2D eigenvalue weighted by Gasteiger charge is -2.13. The third kappa shape index (κ3) is 2.81. The molecule has 0 fully saturated rings. The standard InChI is InChI=1S/C14H14ClNO2/c1-9-8-11(15)5-6-13(9)18-14-12(10(2)17)4-3-7-16-14/h3-8,10,17H,1-2H3. The fourth-order valence-corrected chi connectivity index (χ4v) is 1.86. The number of hydrogen-bond acceptors (Lipinski definition) is 3. The summed E-state index contributed by atoms with van der Waals surface area (Å²) in [5, 5.41) is 10.3. The molecule has 0 saturated carbocycles. The number of benzene rings is 1. The summed E-state index contributed by atoms with van der Waals surface area (Å²) in [5.41, 5.74) is 1.58. The summed E-state index contributed by atoms with van der Waals surface area (Å²) in [6.07, 6.45) is 1.01. The van der Waals surface area contributed by atoms with Gasteiger partial charge >= 0.3 is 0 Å². The predicted octanol–water partition coefficient (Wildman–Crippen LogP) is 3.89. The number of ether oxygens (including phenoxy) is 1. The highest BCUT2D eigenvalue weighted by Gasteiger charge is 2.11. The number of aliphatic hydroxyl groups is 1. The fourth-order valence-electron chi connectivity index (χ4n) is 1.64. The Morgan fingerprint density at radius 1 is 1.33 bits per heavy atom. The molecule has 1 heterocycles. The van der Waals surface area contributed by atoms with E-state index in [1.807, 2.05) is 13.0 Å². The van der Waals surface area contributed by atoms with Gasteiger partial charge in [-0.1, -0.05) is 11.6 Å². The lowest BCUT2D eigenvalue weighted by atomic mass is 10.2. The normalized spacial score (nSPS) is 12.2. The number of pyridine rings is 1. The van der Waals surface area contributed by atoms with Crippen molar-refractivity contribution in [3.05, 3.63) is 52.7 Å². The van der Waals surface area contributed by atoms with Crippen LogP contribution in [0.25, 0.3) is 0 Å². The minimum Gasteiger partial charge on any atom is -0.438 e. The first-order valence-corrected chi connectivity index (χ1v) is 6.02. The number of aliphatic hydroxyl groups excluding tert-OH is 1. The van der Waals surface area contributed by atoms with Crippen LogP contribution >= 0.6 is 11.6 Å². The van der Waals surface area contributed by atoms with Gasteiger partial charge in [0.2, 0.25) is 5.88 Å². The minimum absolute atomic E-state index is 0.415. The van der Waals surface area contributed by atoms with Crippen LogP contribution in [-0.2, 0) is 0 Å². The third-order valence-electron chi connectivity index (χ3n) is 2.59. The summed E-state index contributed by atoms with van der Waals surface area (Å²) < 4.78 is 5.73. The second-order valence-electron chi connectivity index (χ2n) is 4.09. The lowest BCUT2D eigenvalue weighted by Crippen LogP contribution is -1.98. The van der Waals surface area contributed by atoms with Crippen LogP contribution in [0.3, 0.4) is 0 Å². The molecule has 1 unspecified atom stereocenters. The van der Waals surface area contributed by atoms with Crippen LogP contribution in [0, 0.1) is 6.92 Å². The van der Waals surface area contributed by atoms with Crippen molar-refractivity contribution in [2.24, 2.45) is 0 Å². The molecule has 0 radical (unpaired) electrons. The van der Waals surface area contributed by atoms with Crippen molar-refractivity contribution in [1.29, 1.82) is 0 Å². The quantitative estimate of drug-likeness (QED) is 0.914. The summed E-state index contributed by atoms with van der Waals surface area (Å²) in [6.45, 7) is 3.59. The first kappa shape index (κ1) is 12.9. The highest BCUT2D eigenvalue weighted by atomic mass is 35.5. The van der Waals surface area contributed by atoms with Gasteiger partial charge in [-0.3, -0.25) is 0 Å². The van der Waals surface area contributed by atoms with E-state index in [0.29, 0.717) is 22.2 Å². The number of halogens is 1. The van der Waals surface area contributed by atoms with E-state index in [2.05, 4.69) is 4.98 Å². The van der Waals surface area contributed by atoms with Crippen LogP contribution in [0.4, 0.5) is 0 Å². The number of hydrogen-bond donors (Lipinski definition) is 1. The molecule has 0 aliphatic rings. The Labute approximate surface area is 111 Å². The van der Waals surface area contributed by atoms with Gasteiger partial charge in [-0.2, -0.15) is 0 Å². The molecule has 1 aromatic heterocycles. The Morgan fingerprint density at radius 3 is 2.78 bits per heavy atom. The smallest absolute Gasteiger partial charge is 0.225 e. The Bertz CT molecular complexity index is 555. The molecule has 0 spiro atoms. The van der Waals surface area contributed by atoms with Gasteiger partial charge in [0.1, 0.15) is 5.75 Å². The largest absolute Gasteiger partial charge is 0.438 e. The highest BCUT2D eigenvalue weighted by molar-refractivity contribution is 6.30. The second-order valence-corrected chi connectivity index (χ2v) is 4.52. The molecule has 0 aliphatic heterocycles. The van der Waals surface area contributed by atoms with Gasteiger partial charge < -0.3 is 9.84 Å². The van der Waals surface area contributed by atoms with Crippen molar-refractivity contribution in [2.45, 2.75) is 20.0 Å². The Balaban J connectivity index is 2.34. The first-order chi connectivity index (χ1) is 8.58. The van der Waals surface area contributed by atoms with E-state index in [1.165, 1.54) is 0 Å². The van der Waals surface area contributed by atoms with Crippen molar-refractivity contribution in [3.8, 4) is 11.6 Å². The topological polar surface area (TPSA) is 42.4 Å². The maximum Gasteiger partial charge on any atom is 0.225 e. The maximum atomic E-state index is 9.65. The zero-order valence-corrected chi connectivity index (χ0v) is 11.0. The van der Waals surface area contributed by atoms with Crippen molar-refractivity contribution in [3.63, 3.8) is 0 Å². The van der Waals surface area contributed by atoms with Crippen LogP contribution in [0.15, 0.2) is 36.5 Å². The van der Waals surface area contributed by atoms with E-state index in [0.717, 1.165) is 5.56 Å². The maximum absolute atomic E-state index is 9.65. The van der Waals surface area contributed by atoms with Gasteiger partial charge in [0.25, 0.3) is 0 Å². The summed E-state index contributed by atoms with van der Waals surface area (Å²) >= 11 is 5.89. The van der Waals surface area contributed by atoms with Crippen molar-refractivity contribution in [1.82, 2.24) is 4.98 Å².